The molecule has 3 N–H and O–H groups in total. The number of phenols is 1. The van der Waals surface area contributed by atoms with Gasteiger partial charge >= 0.3 is 0 Å². The van der Waals surface area contributed by atoms with Crippen LogP contribution in [0.4, 0.5) is 5.69 Å². The van der Waals surface area contributed by atoms with Crippen molar-refractivity contribution in [3.63, 3.8) is 0 Å². The zero-order valence-corrected chi connectivity index (χ0v) is 6.62. The molecule has 1 atom stereocenters. The van der Waals surface area contributed by atoms with E-state index < -0.39 is 0 Å². The van der Waals surface area contributed by atoms with Gasteiger partial charge in [0.1, 0.15) is 5.75 Å². The SMILES string of the molecule is OC[C@H]1Cc2cccc(O)c2N1. The number of para-hydroxylation sites is 1. The maximum atomic E-state index is 9.40. The highest BCUT2D eigenvalue weighted by Gasteiger charge is 2.21. The number of hydrogen-bond acceptors (Lipinski definition) is 3. The van der Waals surface area contributed by atoms with Crippen molar-refractivity contribution in [2.45, 2.75) is 12.5 Å². The standard InChI is InChI=1S/C9H11NO2/c11-5-7-4-6-2-1-3-8(12)9(6)10-7/h1-3,7,10-12H,4-5H2/t7-/m1/s1. The van der Waals surface area contributed by atoms with Crippen LogP contribution in [0.15, 0.2) is 18.2 Å². The maximum absolute atomic E-state index is 9.40. The zero-order chi connectivity index (χ0) is 8.55. The van der Waals surface area contributed by atoms with Gasteiger partial charge in [-0.3, -0.25) is 0 Å². The monoisotopic (exact) mass is 165 g/mol. The van der Waals surface area contributed by atoms with E-state index in [4.69, 9.17) is 5.11 Å². The van der Waals surface area contributed by atoms with Crippen LogP contribution >= 0.6 is 0 Å². The summed E-state index contributed by atoms with van der Waals surface area (Å²) in [5.74, 6) is 0.267. The van der Waals surface area contributed by atoms with Crippen LogP contribution in [0.25, 0.3) is 0 Å². The fourth-order valence-corrected chi connectivity index (χ4v) is 1.55. The Kier molecular flexibility index (Phi) is 1.66. The lowest BCUT2D eigenvalue weighted by molar-refractivity contribution is 0.277. The van der Waals surface area contributed by atoms with Gasteiger partial charge < -0.3 is 15.5 Å². The molecule has 0 saturated carbocycles. The molecule has 0 unspecified atom stereocenters. The quantitative estimate of drug-likeness (QED) is 0.537. The minimum atomic E-state index is 0.0632. The van der Waals surface area contributed by atoms with Crippen LogP contribution in [0.1, 0.15) is 5.56 Å². The lowest BCUT2D eigenvalue weighted by Crippen LogP contribution is -2.19. The number of aliphatic hydroxyl groups excluding tert-OH is 1. The third-order valence-corrected chi connectivity index (χ3v) is 2.16. The highest BCUT2D eigenvalue weighted by Crippen LogP contribution is 2.33. The summed E-state index contributed by atoms with van der Waals surface area (Å²) in [6.07, 6.45) is 0.792. The van der Waals surface area contributed by atoms with Crippen molar-refractivity contribution in [3.8, 4) is 5.75 Å². The fraction of sp³-hybridized carbons (Fsp3) is 0.333. The minimum Gasteiger partial charge on any atom is -0.506 e. The van der Waals surface area contributed by atoms with Gasteiger partial charge in [-0.25, -0.2) is 0 Å². The Bertz CT molecular complexity index is 299. The van der Waals surface area contributed by atoms with Gasteiger partial charge in [0, 0.05) is 0 Å². The van der Waals surface area contributed by atoms with Gasteiger partial charge in [-0.1, -0.05) is 12.1 Å². The van der Waals surface area contributed by atoms with Crippen LogP contribution in [0, 0.1) is 0 Å². The fourth-order valence-electron chi connectivity index (χ4n) is 1.55. The molecule has 1 aliphatic heterocycles. The summed E-state index contributed by atoms with van der Waals surface area (Å²) in [6, 6.07) is 5.48. The van der Waals surface area contributed by atoms with Gasteiger partial charge in [0.25, 0.3) is 0 Å². The summed E-state index contributed by atoms with van der Waals surface area (Å²) in [4.78, 5) is 0. The van der Waals surface area contributed by atoms with Gasteiger partial charge in [0.15, 0.2) is 0 Å². The highest BCUT2D eigenvalue weighted by atomic mass is 16.3. The number of aromatic hydroxyl groups is 1. The molecule has 2 rings (SSSR count). The Hall–Kier alpha value is -1.22. The summed E-state index contributed by atoms with van der Waals surface area (Å²) in [6.45, 7) is 0.105. The smallest absolute Gasteiger partial charge is 0.138 e. The Morgan fingerprint density at radius 3 is 3.00 bits per heavy atom. The molecule has 3 heteroatoms. The number of rotatable bonds is 1. The van der Waals surface area contributed by atoms with Gasteiger partial charge in [-0.05, 0) is 18.1 Å². The molecule has 0 spiro atoms. The number of nitrogens with one attached hydrogen (secondary N) is 1. The first-order chi connectivity index (χ1) is 5.81. The summed E-state index contributed by atoms with van der Waals surface area (Å²) in [5, 5.41) is 21.3. The van der Waals surface area contributed by atoms with Crippen LogP contribution in [0.2, 0.25) is 0 Å². The number of benzene rings is 1. The molecule has 64 valence electrons. The molecule has 0 saturated heterocycles. The number of fused-ring (bicyclic) bond motifs is 1. The van der Waals surface area contributed by atoms with Crippen molar-refractivity contribution in [2.24, 2.45) is 0 Å². The summed E-state index contributed by atoms with van der Waals surface area (Å²) in [5.41, 5.74) is 1.85. The van der Waals surface area contributed by atoms with Crippen molar-refractivity contribution in [1.82, 2.24) is 0 Å². The zero-order valence-electron chi connectivity index (χ0n) is 6.62. The Morgan fingerprint density at radius 2 is 2.33 bits per heavy atom. The van der Waals surface area contributed by atoms with Crippen LogP contribution in [-0.4, -0.2) is 22.9 Å². The summed E-state index contributed by atoms with van der Waals surface area (Å²) >= 11 is 0. The van der Waals surface area contributed by atoms with E-state index in [0.717, 1.165) is 17.7 Å². The van der Waals surface area contributed by atoms with Crippen LogP contribution in [0.3, 0.4) is 0 Å². The average molecular weight is 165 g/mol. The molecule has 1 aliphatic rings. The third kappa shape index (κ3) is 1.02. The van der Waals surface area contributed by atoms with Crippen molar-refractivity contribution >= 4 is 5.69 Å². The first kappa shape index (κ1) is 7.43. The van der Waals surface area contributed by atoms with Crippen molar-refractivity contribution in [2.75, 3.05) is 11.9 Å². The normalized spacial score (nSPS) is 20.2. The van der Waals surface area contributed by atoms with E-state index in [2.05, 4.69) is 5.32 Å². The molecule has 1 aromatic rings. The topological polar surface area (TPSA) is 52.5 Å². The Labute approximate surface area is 70.7 Å². The average Bonchev–Trinajstić information content (AvgIpc) is 2.49. The predicted octanol–water partition coefficient (Wildman–Crippen LogP) is 0.721. The van der Waals surface area contributed by atoms with Crippen LogP contribution in [0.5, 0.6) is 5.75 Å². The molecule has 12 heavy (non-hydrogen) atoms. The number of aliphatic hydroxyl groups is 1. The van der Waals surface area contributed by atoms with E-state index in [1.807, 2.05) is 12.1 Å². The molecule has 1 aromatic carbocycles. The molecular weight excluding hydrogens is 154 g/mol. The Balaban J connectivity index is 2.35. The second-order valence-electron chi connectivity index (χ2n) is 3.04. The number of hydrogen-bond donors (Lipinski definition) is 3. The molecule has 3 nitrogen and oxygen atoms in total. The van der Waals surface area contributed by atoms with E-state index in [-0.39, 0.29) is 18.4 Å². The van der Waals surface area contributed by atoms with Gasteiger partial charge in [-0.2, -0.15) is 0 Å². The van der Waals surface area contributed by atoms with Gasteiger partial charge in [0.2, 0.25) is 0 Å². The van der Waals surface area contributed by atoms with Crippen LogP contribution in [-0.2, 0) is 6.42 Å². The molecule has 0 amide bonds. The van der Waals surface area contributed by atoms with E-state index in [1.165, 1.54) is 0 Å². The molecule has 0 aromatic heterocycles. The van der Waals surface area contributed by atoms with Crippen molar-refractivity contribution < 1.29 is 10.2 Å². The second-order valence-corrected chi connectivity index (χ2v) is 3.04. The van der Waals surface area contributed by atoms with Crippen molar-refractivity contribution in [3.05, 3.63) is 23.8 Å². The first-order valence-electron chi connectivity index (χ1n) is 3.99. The molecule has 0 bridgehead atoms. The second kappa shape index (κ2) is 2.68. The first-order valence-corrected chi connectivity index (χ1v) is 3.99. The van der Waals surface area contributed by atoms with E-state index in [9.17, 15) is 5.11 Å². The van der Waals surface area contributed by atoms with Gasteiger partial charge in [-0.15, -0.1) is 0 Å². The third-order valence-electron chi connectivity index (χ3n) is 2.16. The van der Waals surface area contributed by atoms with Gasteiger partial charge in [0.05, 0.1) is 18.3 Å². The molecule has 1 heterocycles. The molecule has 0 fully saturated rings. The molecule has 0 aliphatic carbocycles. The van der Waals surface area contributed by atoms with E-state index >= 15 is 0 Å². The predicted molar refractivity (Wildman–Crippen MR) is 46.3 cm³/mol. The lowest BCUT2D eigenvalue weighted by Gasteiger charge is -2.06. The number of anilines is 1. The van der Waals surface area contributed by atoms with E-state index in [0.29, 0.717) is 0 Å². The van der Waals surface area contributed by atoms with Crippen LogP contribution < -0.4 is 5.32 Å². The van der Waals surface area contributed by atoms with Crippen molar-refractivity contribution in [1.29, 1.82) is 0 Å². The highest BCUT2D eigenvalue weighted by molar-refractivity contribution is 5.65. The summed E-state index contributed by atoms with van der Waals surface area (Å²) < 4.78 is 0. The molecular formula is C9H11NO2. The lowest BCUT2D eigenvalue weighted by atomic mass is 10.1. The maximum Gasteiger partial charge on any atom is 0.138 e. The number of phenolic OH excluding ortho intramolecular Hbond substituents is 1. The summed E-state index contributed by atoms with van der Waals surface area (Å²) in [7, 11) is 0. The molecule has 0 radical (unpaired) electrons. The van der Waals surface area contributed by atoms with E-state index in [1.54, 1.807) is 6.07 Å². The largest absolute Gasteiger partial charge is 0.506 e. The Morgan fingerprint density at radius 1 is 1.50 bits per heavy atom. The minimum absolute atomic E-state index is 0.0632.